The number of aromatic nitrogens is 1. The van der Waals surface area contributed by atoms with Gasteiger partial charge in [-0.1, -0.05) is 18.2 Å². The van der Waals surface area contributed by atoms with Gasteiger partial charge >= 0.3 is 0 Å². The predicted octanol–water partition coefficient (Wildman–Crippen LogP) is 1.27. The first-order valence-electron chi connectivity index (χ1n) is 6.66. The Kier molecular flexibility index (Phi) is 3.22. The van der Waals surface area contributed by atoms with Crippen LogP contribution in [0, 0.1) is 0 Å². The van der Waals surface area contributed by atoms with Crippen molar-refractivity contribution in [2.24, 2.45) is 0 Å². The van der Waals surface area contributed by atoms with Crippen molar-refractivity contribution >= 4 is 15.7 Å². The Morgan fingerprint density at radius 2 is 2.05 bits per heavy atom. The summed E-state index contributed by atoms with van der Waals surface area (Å²) in [5.74, 6) is 0.328. The molecule has 21 heavy (non-hydrogen) atoms. The number of benzene rings is 1. The molecule has 0 saturated heterocycles. The number of hydrogen-bond acceptors (Lipinski definition) is 5. The van der Waals surface area contributed by atoms with E-state index in [-0.39, 0.29) is 17.1 Å². The first-order chi connectivity index (χ1) is 9.91. The van der Waals surface area contributed by atoms with Gasteiger partial charge in [0, 0.05) is 18.2 Å². The number of nitrogens with zero attached hydrogens (tertiary/aromatic N) is 1. The highest BCUT2D eigenvalue weighted by Crippen LogP contribution is 2.39. The van der Waals surface area contributed by atoms with Crippen molar-refractivity contribution in [2.45, 2.75) is 23.3 Å². The molecule has 1 aliphatic heterocycles. The summed E-state index contributed by atoms with van der Waals surface area (Å²) in [5, 5.41) is 11.0. The van der Waals surface area contributed by atoms with Gasteiger partial charge in [0.25, 0.3) is 0 Å². The number of aliphatic hydroxyl groups is 1. The molecule has 110 valence electrons. The first-order valence-corrected chi connectivity index (χ1v) is 8.31. The van der Waals surface area contributed by atoms with Crippen molar-refractivity contribution in [3.8, 4) is 0 Å². The van der Waals surface area contributed by atoms with Gasteiger partial charge in [-0.15, -0.1) is 0 Å². The van der Waals surface area contributed by atoms with Crippen molar-refractivity contribution in [2.75, 3.05) is 11.5 Å². The third-order valence-corrected chi connectivity index (χ3v) is 5.62. The molecule has 0 bridgehead atoms. The van der Waals surface area contributed by atoms with Crippen molar-refractivity contribution in [1.82, 2.24) is 4.98 Å². The van der Waals surface area contributed by atoms with E-state index in [9.17, 15) is 13.5 Å². The summed E-state index contributed by atoms with van der Waals surface area (Å²) in [5.41, 5.74) is 5.75. The topological polar surface area (TPSA) is 93.3 Å². The molecular weight excluding hydrogens is 288 g/mol. The molecule has 0 amide bonds. The van der Waals surface area contributed by atoms with E-state index < -0.39 is 15.4 Å². The number of anilines is 1. The Hall–Kier alpha value is -1.92. The first kappa shape index (κ1) is 14.0. The van der Waals surface area contributed by atoms with Crippen molar-refractivity contribution in [1.29, 1.82) is 0 Å². The van der Waals surface area contributed by atoms with Crippen LogP contribution in [0.5, 0.6) is 0 Å². The quantitative estimate of drug-likeness (QED) is 0.871. The zero-order valence-corrected chi connectivity index (χ0v) is 12.2. The molecule has 3 N–H and O–H groups in total. The van der Waals surface area contributed by atoms with Crippen LogP contribution < -0.4 is 5.73 Å². The standard InChI is InChI=1S/C15H16N2O3S/c16-14-9-11(5-7-17-14)10-15(18)6-8-21(19,20)13-4-2-1-3-12(13)15/h1-5,7,9,18H,6,8,10H2,(H2,16,17). The maximum Gasteiger partial charge on any atom is 0.178 e. The van der Waals surface area contributed by atoms with Gasteiger partial charge in [0.15, 0.2) is 9.84 Å². The maximum absolute atomic E-state index is 12.1. The number of sulfone groups is 1. The molecule has 1 aromatic carbocycles. The lowest BCUT2D eigenvalue weighted by Gasteiger charge is -2.34. The van der Waals surface area contributed by atoms with Gasteiger partial charge in [0.1, 0.15) is 5.82 Å². The Bertz CT molecular complexity index is 789. The second kappa shape index (κ2) is 4.82. The zero-order valence-electron chi connectivity index (χ0n) is 11.4. The van der Waals surface area contributed by atoms with Gasteiger partial charge in [-0.2, -0.15) is 0 Å². The van der Waals surface area contributed by atoms with Crippen molar-refractivity contribution in [3.63, 3.8) is 0 Å². The van der Waals surface area contributed by atoms with E-state index in [1.165, 1.54) is 0 Å². The van der Waals surface area contributed by atoms with Crippen LogP contribution in [0.4, 0.5) is 5.82 Å². The van der Waals surface area contributed by atoms with Crippen LogP contribution in [-0.4, -0.2) is 24.3 Å². The molecule has 1 unspecified atom stereocenters. The molecule has 2 heterocycles. The lowest BCUT2D eigenvalue weighted by atomic mass is 9.85. The zero-order chi connectivity index (χ0) is 15.1. The van der Waals surface area contributed by atoms with Crippen LogP contribution in [0.2, 0.25) is 0 Å². The van der Waals surface area contributed by atoms with E-state index in [1.54, 1.807) is 42.6 Å². The normalized spacial score (nSPS) is 23.5. The van der Waals surface area contributed by atoms with Crippen molar-refractivity contribution in [3.05, 3.63) is 53.7 Å². The number of hydrogen-bond donors (Lipinski definition) is 2. The van der Waals surface area contributed by atoms with E-state index >= 15 is 0 Å². The Morgan fingerprint density at radius 3 is 2.81 bits per heavy atom. The minimum atomic E-state index is -3.31. The number of fused-ring (bicyclic) bond motifs is 1. The van der Waals surface area contributed by atoms with Crippen LogP contribution in [0.15, 0.2) is 47.5 Å². The molecule has 0 saturated carbocycles. The van der Waals surface area contributed by atoms with Crippen LogP contribution in [-0.2, 0) is 21.9 Å². The third-order valence-electron chi connectivity index (χ3n) is 3.85. The molecule has 0 radical (unpaired) electrons. The van der Waals surface area contributed by atoms with Gasteiger partial charge in [-0.05, 0) is 30.2 Å². The summed E-state index contributed by atoms with van der Waals surface area (Å²) in [6.45, 7) is 0. The monoisotopic (exact) mass is 304 g/mol. The molecule has 1 atom stereocenters. The fourth-order valence-corrected chi connectivity index (χ4v) is 4.50. The molecule has 0 fully saturated rings. The summed E-state index contributed by atoms with van der Waals surface area (Å²) in [4.78, 5) is 4.15. The van der Waals surface area contributed by atoms with Gasteiger partial charge in [-0.3, -0.25) is 0 Å². The highest BCUT2D eigenvalue weighted by atomic mass is 32.2. The maximum atomic E-state index is 12.1. The fourth-order valence-electron chi connectivity index (χ4n) is 2.80. The smallest absolute Gasteiger partial charge is 0.178 e. The molecule has 0 spiro atoms. The molecule has 6 heteroatoms. The number of nitrogen functional groups attached to an aromatic ring is 1. The number of nitrogens with two attached hydrogens (primary N) is 1. The molecule has 3 rings (SSSR count). The van der Waals surface area contributed by atoms with Gasteiger partial charge in [-0.25, -0.2) is 13.4 Å². The molecule has 0 aliphatic carbocycles. The molecule has 5 nitrogen and oxygen atoms in total. The average Bonchev–Trinajstić information content (AvgIpc) is 2.44. The Balaban J connectivity index is 2.06. The van der Waals surface area contributed by atoms with Crippen LogP contribution in [0.25, 0.3) is 0 Å². The minimum absolute atomic E-state index is 0.0545. The second-order valence-corrected chi connectivity index (χ2v) is 7.44. The molecule has 1 aromatic heterocycles. The second-order valence-electron chi connectivity index (χ2n) is 5.36. The van der Waals surface area contributed by atoms with Crippen LogP contribution >= 0.6 is 0 Å². The Labute approximate surface area is 123 Å². The minimum Gasteiger partial charge on any atom is -0.385 e. The summed E-state index contributed by atoms with van der Waals surface area (Å²) in [7, 11) is -3.31. The largest absolute Gasteiger partial charge is 0.385 e. The van der Waals surface area contributed by atoms with Gasteiger partial charge in [0.05, 0.1) is 16.2 Å². The van der Waals surface area contributed by atoms with E-state index in [0.717, 1.165) is 5.56 Å². The summed E-state index contributed by atoms with van der Waals surface area (Å²) in [6.07, 6.45) is 2.07. The molecule has 2 aromatic rings. The van der Waals surface area contributed by atoms with E-state index in [4.69, 9.17) is 5.73 Å². The van der Waals surface area contributed by atoms with Gasteiger partial charge in [0.2, 0.25) is 0 Å². The summed E-state index contributed by atoms with van der Waals surface area (Å²) < 4.78 is 24.3. The lowest BCUT2D eigenvalue weighted by molar-refractivity contribution is 0.0283. The Morgan fingerprint density at radius 1 is 1.29 bits per heavy atom. The summed E-state index contributed by atoms with van der Waals surface area (Å²) >= 11 is 0. The third kappa shape index (κ3) is 2.52. The summed E-state index contributed by atoms with van der Waals surface area (Å²) in [6, 6.07) is 10.1. The fraction of sp³-hybridized carbons (Fsp3) is 0.267. The average molecular weight is 304 g/mol. The molecule has 1 aliphatic rings. The number of pyridine rings is 1. The van der Waals surface area contributed by atoms with E-state index in [0.29, 0.717) is 17.8 Å². The molecular formula is C15H16N2O3S. The SMILES string of the molecule is Nc1cc(CC2(O)CCS(=O)(=O)c3ccccc32)ccn1. The van der Waals surface area contributed by atoms with E-state index in [2.05, 4.69) is 4.98 Å². The van der Waals surface area contributed by atoms with Crippen LogP contribution in [0.3, 0.4) is 0 Å². The van der Waals surface area contributed by atoms with Crippen molar-refractivity contribution < 1.29 is 13.5 Å². The van der Waals surface area contributed by atoms with Gasteiger partial charge < -0.3 is 10.8 Å². The lowest BCUT2D eigenvalue weighted by Crippen LogP contribution is -2.37. The van der Waals surface area contributed by atoms with E-state index in [1.807, 2.05) is 0 Å². The number of rotatable bonds is 2. The highest BCUT2D eigenvalue weighted by Gasteiger charge is 2.40. The predicted molar refractivity (Wildman–Crippen MR) is 79.4 cm³/mol. The van der Waals surface area contributed by atoms with Crippen LogP contribution in [0.1, 0.15) is 17.5 Å². The highest BCUT2D eigenvalue weighted by molar-refractivity contribution is 7.91.